The third kappa shape index (κ3) is 3.79. The number of rotatable bonds is 8. The molecule has 0 amide bonds. The molecule has 1 fully saturated rings. The summed E-state index contributed by atoms with van der Waals surface area (Å²) in [6, 6.07) is 34.9. The van der Waals surface area contributed by atoms with Gasteiger partial charge in [-0.1, -0.05) is 0 Å². The van der Waals surface area contributed by atoms with Crippen LogP contribution in [0.2, 0.25) is 0 Å². The molecule has 0 aliphatic carbocycles. The van der Waals surface area contributed by atoms with Crippen LogP contribution in [-0.2, 0) is 0 Å². The maximum atomic E-state index is 14.4. The Bertz CT molecular complexity index is 1280. The molecule has 0 saturated carbocycles. The first-order valence-electron chi connectivity index (χ1n) is 12.2. The summed E-state index contributed by atoms with van der Waals surface area (Å²) in [6.07, 6.45) is 0. The van der Waals surface area contributed by atoms with E-state index in [1.54, 1.807) is 117 Å². The van der Waals surface area contributed by atoms with E-state index in [1.807, 2.05) is 24.3 Å². The first-order chi connectivity index (χ1) is 18.4. The molecule has 1 saturated heterocycles. The van der Waals surface area contributed by atoms with Crippen LogP contribution in [0.4, 0.5) is 0 Å². The van der Waals surface area contributed by atoms with Crippen LogP contribution in [0, 0.1) is 0 Å². The van der Waals surface area contributed by atoms with Gasteiger partial charge in [-0.3, -0.25) is 0 Å². The molecule has 8 heteroatoms. The molecule has 0 unspecified atom stereocenters. The summed E-state index contributed by atoms with van der Waals surface area (Å²) in [5, 5.41) is 0. The fourth-order valence-corrected chi connectivity index (χ4v) is 43.4. The Morgan fingerprint density at radius 1 is 0.395 bits per heavy atom. The van der Waals surface area contributed by atoms with Crippen LogP contribution < -0.4 is 0 Å². The van der Waals surface area contributed by atoms with Crippen molar-refractivity contribution in [1.29, 1.82) is 0 Å². The third-order valence-corrected chi connectivity index (χ3v) is 37.3. The van der Waals surface area contributed by atoms with E-state index >= 15 is 0 Å². The molecule has 0 bridgehead atoms. The summed E-state index contributed by atoms with van der Waals surface area (Å²) < 4.78 is 2.32. The van der Waals surface area contributed by atoms with Crippen molar-refractivity contribution in [3.63, 3.8) is 0 Å². The topological polar surface area (TPSA) is 74.8 Å². The van der Waals surface area contributed by atoms with E-state index in [9.17, 15) is 19.2 Å². The SMILES string of the molecule is C[N]1[Ge]([C](=O)c2ccccc2)([C](=O)c2ccccc2)[N](C)[Ge]1([C](=O)c1ccccc1)[C](=O)c1ccccc1. The van der Waals surface area contributed by atoms with E-state index in [1.165, 1.54) is 0 Å². The van der Waals surface area contributed by atoms with E-state index in [-0.39, 0.29) is 18.5 Å². The summed E-state index contributed by atoms with van der Waals surface area (Å²) in [4.78, 5) is 57.5. The summed E-state index contributed by atoms with van der Waals surface area (Å²) in [6.45, 7) is 0. The number of carbonyl (C=O) groups excluding carboxylic acids is 4. The third-order valence-electron chi connectivity index (χ3n) is 7.35. The zero-order valence-corrected chi connectivity index (χ0v) is 25.3. The number of carbonyl (C=O) groups is 4. The number of benzene rings is 4. The van der Waals surface area contributed by atoms with E-state index in [0.717, 1.165) is 0 Å². The molecule has 0 N–H and O–H groups in total. The minimum atomic E-state index is -4.66. The van der Waals surface area contributed by atoms with E-state index in [4.69, 9.17) is 0 Å². The fraction of sp³-hybridized carbons (Fsp3) is 0.0667. The van der Waals surface area contributed by atoms with Gasteiger partial charge in [0, 0.05) is 0 Å². The second-order valence-electron chi connectivity index (χ2n) is 9.24. The van der Waals surface area contributed by atoms with Crippen molar-refractivity contribution in [1.82, 2.24) is 5.63 Å². The van der Waals surface area contributed by atoms with Gasteiger partial charge in [0.25, 0.3) is 0 Å². The molecular formula is C30H26Ge2N2O4. The Morgan fingerprint density at radius 2 is 0.579 bits per heavy atom. The van der Waals surface area contributed by atoms with E-state index < -0.39 is 27.4 Å². The molecule has 0 spiro atoms. The minimum absolute atomic E-state index is 0.285. The van der Waals surface area contributed by atoms with Crippen molar-refractivity contribution in [2.75, 3.05) is 14.1 Å². The average Bonchev–Trinajstić information content (AvgIpc) is 2.99. The van der Waals surface area contributed by atoms with Gasteiger partial charge in [0.15, 0.2) is 0 Å². The second kappa shape index (κ2) is 10.4. The van der Waals surface area contributed by atoms with Gasteiger partial charge >= 0.3 is 228 Å². The second-order valence-corrected chi connectivity index (χ2v) is 28.3. The Balaban J connectivity index is 1.74. The first kappa shape index (κ1) is 26.2. The summed E-state index contributed by atoms with van der Waals surface area (Å²) >= 11 is -9.33. The van der Waals surface area contributed by atoms with Gasteiger partial charge in [0.1, 0.15) is 0 Å². The Kier molecular flexibility index (Phi) is 7.15. The van der Waals surface area contributed by atoms with Crippen LogP contribution in [0.15, 0.2) is 121 Å². The molecule has 1 aliphatic rings. The van der Waals surface area contributed by atoms with Gasteiger partial charge in [-0.15, -0.1) is 0 Å². The maximum absolute atomic E-state index is 14.4. The molecule has 38 heavy (non-hydrogen) atoms. The van der Waals surface area contributed by atoms with Gasteiger partial charge in [0.05, 0.1) is 0 Å². The van der Waals surface area contributed by atoms with Crippen molar-refractivity contribution in [2.45, 2.75) is 0 Å². The first-order valence-corrected chi connectivity index (χ1v) is 20.2. The Labute approximate surface area is 227 Å². The average molecular weight is 624 g/mol. The predicted molar refractivity (Wildman–Crippen MR) is 150 cm³/mol. The number of nitrogens with zero attached hydrogens (tertiary/aromatic N) is 2. The molecule has 0 radical (unpaired) electrons. The van der Waals surface area contributed by atoms with Gasteiger partial charge in [-0.2, -0.15) is 0 Å². The van der Waals surface area contributed by atoms with E-state index in [2.05, 4.69) is 0 Å². The van der Waals surface area contributed by atoms with Crippen molar-refractivity contribution in [3.8, 4) is 0 Å². The van der Waals surface area contributed by atoms with Crippen LogP contribution in [0.3, 0.4) is 0 Å². The van der Waals surface area contributed by atoms with Crippen molar-refractivity contribution < 1.29 is 19.2 Å². The molecule has 6 nitrogen and oxygen atoms in total. The van der Waals surface area contributed by atoms with E-state index in [0.29, 0.717) is 22.3 Å². The van der Waals surface area contributed by atoms with Crippen LogP contribution in [0.1, 0.15) is 41.4 Å². The Hall–Kier alpha value is -3.43. The summed E-state index contributed by atoms with van der Waals surface area (Å²) in [7, 11) is 3.34. The normalized spacial score (nSPS) is 16.3. The molecule has 4 aromatic rings. The zero-order chi connectivity index (χ0) is 26.9. The van der Waals surface area contributed by atoms with Gasteiger partial charge in [-0.05, 0) is 0 Å². The van der Waals surface area contributed by atoms with Gasteiger partial charge in [-0.25, -0.2) is 0 Å². The number of hydrogen-bond donors (Lipinski definition) is 0. The van der Waals surface area contributed by atoms with Crippen LogP contribution in [-0.4, -0.2) is 65.6 Å². The molecule has 5 rings (SSSR count). The van der Waals surface area contributed by atoms with Crippen molar-refractivity contribution in [2.24, 2.45) is 0 Å². The monoisotopic (exact) mass is 626 g/mol. The molecule has 188 valence electrons. The van der Waals surface area contributed by atoms with Crippen molar-refractivity contribution >= 4 is 45.9 Å². The molecule has 1 heterocycles. The van der Waals surface area contributed by atoms with Gasteiger partial charge < -0.3 is 0 Å². The van der Waals surface area contributed by atoms with Crippen molar-refractivity contribution in [3.05, 3.63) is 144 Å². The van der Waals surface area contributed by atoms with Crippen LogP contribution >= 0.6 is 0 Å². The number of hydrogen-bond acceptors (Lipinski definition) is 6. The van der Waals surface area contributed by atoms with Gasteiger partial charge in [0.2, 0.25) is 0 Å². The molecule has 0 atom stereocenters. The standard InChI is InChI=1S/C30H26Ge2N2O4/c1-33-31(27(35)23-15-7-3-8-16-23,28(36)24-17-9-4-10-18-24)34(2)32(33,29(37)25-19-11-5-12-20-25)30(38)26-21-13-6-14-22-26/h3-22H,1-2H3. The zero-order valence-electron chi connectivity index (χ0n) is 21.1. The summed E-state index contributed by atoms with van der Waals surface area (Å²) in [5.41, 5.74) is 1.63. The predicted octanol–water partition coefficient (Wildman–Crippen LogP) is 4.44. The summed E-state index contributed by atoms with van der Waals surface area (Å²) in [5.74, 6) is 0. The molecule has 0 aromatic heterocycles. The Morgan fingerprint density at radius 3 is 0.763 bits per heavy atom. The van der Waals surface area contributed by atoms with Crippen LogP contribution in [0.25, 0.3) is 0 Å². The fourth-order valence-electron chi connectivity index (χ4n) is 5.46. The molecule has 1 aliphatic heterocycles. The quantitative estimate of drug-likeness (QED) is 0.271. The molecule has 4 aromatic carbocycles. The molecular weight excluding hydrogens is 598 g/mol. The van der Waals surface area contributed by atoms with Crippen LogP contribution in [0.5, 0.6) is 0 Å².